The number of para-hydroxylation sites is 2. The van der Waals surface area contributed by atoms with Crippen molar-refractivity contribution in [3.05, 3.63) is 53.6 Å². The predicted octanol–water partition coefficient (Wildman–Crippen LogP) is 2.20. The Morgan fingerprint density at radius 3 is 2.66 bits per heavy atom. The number of nitrogens with zero attached hydrogens (tertiary/aromatic N) is 1. The van der Waals surface area contributed by atoms with Gasteiger partial charge in [-0.1, -0.05) is 12.1 Å². The maximum absolute atomic E-state index is 12.3. The molecule has 8 nitrogen and oxygen atoms in total. The monoisotopic (exact) mass is 418 g/mol. The molecule has 0 radical (unpaired) electrons. The molecule has 0 aliphatic carbocycles. The zero-order chi connectivity index (χ0) is 21.0. The van der Waals surface area contributed by atoms with E-state index in [1.54, 1.807) is 36.4 Å². The van der Waals surface area contributed by atoms with Crippen LogP contribution in [0.3, 0.4) is 0 Å². The fourth-order valence-electron chi connectivity index (χ4n) is 3.09. The van der Waals surface area contributed by atoms with Gasteiger partial charge < -0.3 is 14.8 Å². The zero-order valence-corrected chi connectivity index (χ0v) is 17.0. The molecule has 2 aromatic rings. The number of ether oxygens (including phenoxy) is 2. The zero-order valence-electron chi connectivity index (χ0n) is 16.2. The Balaban J connectivity index is 1.61. The van der Waals surface area contributed by atoms with Crippen molar-refractivity contribution in [1.29, 1.82) is 0 Å². The molecule has 154 valence electrons. The van der Waals surface area contributed by atoms with Crippen LogP contribution in [0.2, 0.25) is 0 Å². The highest BCUT2D eigenvalue weighted by atomic mass is 32.2. The summed E-state index contributed by atoms with van der Waals surface area (Å²) in [4.78, 5) is 24.4. The smallest absolute Gasteiger partial charge is 0.338 e. The number of fused-ring (bicyclic) bond motifs is 1. The molecule has 1 N–H and O–H groups in total. The highest BCUT2D eigenvalue weighted by molar-refractivity contribution is 7.92. The summed E-state index contributed by atoms with van der Waals surface area (Å²) >= 11 is 0. The van der Waals surface area contributed by atoms with Gasteiger partial charge in [-0.15, -0.1) is 0 Å². The van der Waals surface area contributed by atoms with Gasteiger partial charge in [-0.05, 0) is 49.2 Å². The van der Waals surface area contributed by atoms with Crippen LogP contribution in [-0.2, 0) is 26.0 Å². The van der Waals surface area contributed by atoms with Crippen LogP contribution in [0, 0.1) is 0 Å². The van der Waals surface area contributed by atoms with Crippen LogP contribution in [0.5, 0.6) is 5.75 Å². The first-order valence-corrected chi connectivity index (χ1v) is 10.9. The molecule has 3 rings (SSSR count). The summed E-state index contributed by atoms with van der Waals surface area (Å²) in [6, 6.07) is 11.7. The van der Waals surface area contributed by atoms with Gasteiger partial charge in [0.25, 0.3) is 5.91 Å². The molecule has 1 aliphatic rings. The molecule has 9 heteroatoms. The van der Waals surface area contributed by atoms with Gasteiger partial charge in [0.1, 0.15) is 5.75 Å². The minimum atomic E-state index is -3.35. The molecule has 0 unspecified atom stereocenters. The second kappa shape index (κ2) is 8.52. The third-order valence-corrected chi connectivity index (χ3v) is 5.54. The predicted molar refractivity (Wildman–Crippen MR) is 109 cm³/mol. The number of carbonyl (C=O) groups excluding carboxylic acids is 2. The summed E-state index contributed by atoms with van der Waals surface area (Å²) in [7, 11) is -3.35. The first kappa shape index (κ1) is 20.7. The molecule has 0 saturated heterocycles. The van der Waals surface area contributed by atoms with Crippen molar-refractivity contribution in [1.82, 2.24) is 0 Å². The Bertz CT molecular complexity index is 1040. The van der Waals surface area contributed by atoms with E-state index in [2.05, 4.69) is 5.32 Å². The number of rotatable bonds is 7. The second-order valence-electron chi connectivity index (χ2n) is 6.48. The Hall–Kier alpha value is -3.07. The van der Waals surface area contributed by atoms with Gasteiger partial charge in [-0.25, -0.2) is 13.2 Å². The molecule has 29 heavy (non-hydrogen) atoms. The molecule has 0 saturated carbocycles. The summed E-state index contributed by atoms with van der Waals surface area (Å²) in [6.45, 7) is 2.18. The van der Waals surface area contributed by atoms with Crippen LogP contribution in [-0.4, -0.2) is 46.3 Å². The molecular weight excluding hydrogens is 396 g/mol. The van der Waals surface area contributed by atoms with E-state index in [1.165, 1.54) is 10.4 Å². The van der Waals surface area contributed by atoms with E-state index in [0.717, 1.165) is 11.8 Å². The normalized spacial score (nSPS) is 13.0. The summed E-state index contributed by atoms with van der Waals surface area (Å²) in [5.41, 5.74) is 2.07. The molecule has 0 bridgehead atoms. The number of sulfonamides is 1. The van der Waals surface area contributed by atoms with Gasteiger partial charge in [0.2, 0.25) is 10.0 Å². The lowest BCUT2D eigenvalue weighted by atomic mass is 10.1. The van der Waals surface area contributed by atoms with Gasteiger partial charge in [0.15, 0.2) is 6.61 Å². The maximum Gasteiger partial charge on any atom is 0.338 e. The summed E-state index contributed by atoms with van der Waals surface area (Å²) in [6.07, 6.45) is 1.66. The molecule has 1 aliphatic heterocycles. The lowest BCUT2D eigenvalue weighted by Gasteiger charge is -2.16. The van der Waals surface area contributed by atoms with Gasteiger partial charge in [0.05, 0.1) is 29.8 Å². The second-order valence-corrected chi connectivity index (χ2v) is 8.39. The van der Waals surface area contributed by atoms with E-state index in [-0.39, 0.29) is 5.56 Å². The molecule has 2 aromatic carbocycles. The van der Waals surface area contributed by atoms with Crippen LogP contribution in [0.4, 0.5) is 11.4 Å². The quantitative estimate of drug-likeness (QED) is 0.692. The average molecular weight is 418 g/mol. The van der Waals surface area contributed by atoms with E-state index >= 15 is 0 Å². The van der Waals surface area contributed by atoms with Crippen LogP contribution in [0.15, 0.2) is 42.5 Å². The summed E-state index contributed by atoms with van der Waals surface area (Å²) in [5.74, 6) is -0.613. The molecule has 0 atom stereocenters. The molecule has 0 fully saturated rings. The molecule has 1 heterocycles. The number of nitrogens with one attached hydrogen (secondary N) is 1. The van der Waals surface area contributed by atoms with Crippen molar-refractivity contribution in [2.75, 3.05) is 35.6 Å². The maximum atomic E-state index is 12.3. The number of amides is 1. The Kier molecular flexibility index (Phi) is 6.07. The first-order chi connectivity index (χ1) is 13.8. The van der Waals surface area contributed by atoms with Crippen molar-refractivity contribution in [3.8, 4) is 5.75 Å². The van der Waals surface area contributed by atoms with E-state index in [9.17, 15) is 18.0 Å². The minimum Gasteiger partial charge on any atom is -0.492 e. The van der Waals surface area contributed by atoms with Crippen LogP contribution in [0.25, 0.3) is 0 Å². The molecule has 0 spiro atoms. The Labute approximate surface area is 169 Å². The number of carbonyl (C=O) groups is 2. The standard InChI is InChI=1S/C20H22N2O6S/c1-3-27-18-7-5-4-6-16(18)21-19(23)13-28-20(24)15-8-9-17-14(12-15)10-11-22(17)29(2,25)26/h4-9,12H,3,10-11,13H2,1-2H3,(H,21,23). The number of anilines is 2. The van der Waals surface area contributed by atoms with Gasteiger partial charge in [-0.3, -0.25) is 9.10 Å². The van der Waals surface area contributed by atoms with Crippen molar-refractivity contribution in [2.45, 2.75) is 13.3 Å². The largest absolute Gasteiger partial charge is 0.492 e. The van der Waals surface area contributed by atoms with E-state index < -0.39 is 28.5 Å². The minimum absolute atomic E-state index is 0.265. The van der Waals surface area contributed by atoms with Crippen LogP contribution >= 0.6 is 0 Å². The lowest BCUT2D eigenvalue weighted by molar-refractivity contribution is -0.119. The number of benzene rings is 2. The average Bonchev–Trinajstić information content (AvgIpc) is 3.11. The van der Waals surface area contributed by atoms with E-state index in [4.69, 9.17) is 9.47 Å². The van der Waals surface area contributed by atoms with Crippen molar-refractivity contribution in [2.24, 2.45) is 0 Å². The van der Waals surface area contributed by atoms with Gasteiger partial charge >= 0.3 is 5.97 Å². The third kappa shape index (κ3) is 4.86. The van der Waals surface area contributed by atoms with Crippen LogP contribution < -0.4 is 14.4 Å². The van der Waals surface area contributed by atoms with Crippen molar-refractivity contribution in [3.63, 3.8) is 0 Å². The number of esters is 1. The van der Waals surface area contributed by atoms with E-state index in [1.807, 2.05) is 6.92 Å². The summed E-state index contributed by atoms with van der Waals surface area (Å²) < 4.78 is 35.4. The highest BCUT2D eigenvalue weighted by Crippen LogP contribution is 2.31. The SMILES string of the molecule is CCOc1ccccc1NC(=O)COC(=O)c1ccc2c(c1)CCN2S(C)(=O)=O. The highest BCUT2D eigenvalue weighted by Gasteiger charge is 2.27. The molecule has 1 amide bonds. The fraction of sp³-hybridized carbons (Fsp3) is 0.300. The Morgan fingerprint density at radius 2 is 1.93 bits per heavy atom. The van der Waals surface area contributed by atoms with E-state index in [0.29, 0.717) is 36.7 Å². The van der Waals surface area contributed by atoms with Gasteiger partial charge in [-0.2, -0.15) is 0 Å². The Morgan fingerprint density at radius 1 is 1.17 bits per heavy atom. The molecule has 0 aromatic heterocycles. The van der Waals surface area contributed by atoms with Crippen molar-refractivity contribution >= 4 is 33.3 Å². The summed E-state index contributed by atoms with van der Waals surface area (Å²) in [5, 5.41) is 2.65. The third-order valence-electron chi connectivity index (χ3n) is 4.36. The lowest BCUT2D eigenvalue weighted by Crippen LogP contribution is -2.27. The van der Waals surface area contributed by atoms with Gasteiger partial charge in [0, 0.05) is 6.54 Å². The number of hydrogen-bond acceptors (Lipinski definition) is 6. The topological polar surface area (TPSA) is 102 Å². The van der Waals surface area contributed by atoms with Crippen molar-refractivity contribution < 1.29 is 27.5 Å². The fourth-order valence-corrected chi connectivity index (χ4v) is 4.05. The molecular formula is C20H22N2O6S. The first-order valence-electron chi connectivity index (χ1n) is 9.09. The van der Waals surface area contributed by atoms with Crippen LogP contribution in [0.1, 0.15) is 22.8 Å². The number of hydrogen-bond donors (Lipinski definition) is 1.